The van der Waals surface area contributed by atoms with E-state index in [9.17, 15) is 5.11 Å². The second kappa shape index (κ2) is 9.16. The topological polar surface area (TPSA) is 75.1 Å². The van der Waals surface area contributed by atoms with Crippen LogP contribution in [0.15, 0.2) is 47.5 Å². The lowest BCUT2D eigenvalue weighted by Gasteiger charge is -2.13. The van der Waals surface area contributed by atoms with Gasteiger partial charge in [-0.3, -0.25) is 0 Å². The first-order valence-corrected chi connectivity index (χ1v) is 9.32. The number of para-hydroxylation sites is 1. The van der Waals surface area contributed by atoms with Gasteiger partial charge in [-0.25, -0.2) is 4.99 Å². The van der Waals surface area contributed by atoms with Crippen LogP contribution in [0.1, 0.15) is 18.1 Å². The first-order valence-electron chi connectivity index (χ1n) is 9.32. The van der Waals surface area contributed by atoms with Crippen molar-refractivity contribution in [3.63, 3.8) is 0 Å². The lowest BCUT2D eigenvalue weighted by Crippen LogP contribution is -2.39. The summed E-state index contributed by atoms with van der Waals surface area (Å²) in [7, 11) is 1.55. The lowest BCUT2D eigenvalue weighted by atomic mass is 10.1. The van der Waals surface area contributed by atoms with Crippen molar-refractivity contribution >= 4 is 5.96 Å². The van der Waals surface area contributed by atoms with Crippen LogP contribution in [0.3, 0.4) is 0 Å². The zero-order valence-electron chi connectivity index (χ0n) is 15.9. The molecule has 6 nitrogen and oxygen atoms in total. The molecule has 144 valence electrons. The van der Waals surface area contributed by atoms with Gasteiger partial charge >= 0.3 is 0 Å². The third kappa shape index (κ3) is 5.06. The molecule has 3 N–H and O–H groups in total. The molecule has 2 aromatic carbocycles. The molecule has 2 aromatic rings. The van der Waals surface area contributed by atoms with Crippen LogP contribution in [0.4, 0.5) is 0 Å². The minimum Gasteiger partial charge on any atom is -0.504 e. The average molecular weight is 369 g/mol. The fourth-order valence-electron chi connectivity index (χ4n) is 3.09. The number of rotatable bonds is 7. The highest BCUT2D eigenvalue weighted by atomic mass is 16.5. The maximum Gasteiger partial charge on any atom is 0.191 e. The van der Waals surface area contributed by atoms with Crippen molar-refractivity contribution in [1.29, 1.82) is 0 Å². The van der Waals surface area contributed by atoms with Gasteiger partial charge in [0.15, 0.2) is 17.5 Å². The van der Waals surface area contributed by atoms with Gasteiger partial charge in [0.25, 0.3) is 0 Å². The Morgan fingerprint density at radius 1 is 1.26 bits per heavy atom. The van der Waals surface area contributed by atoms with E-state index in [0.717, 1.165) is 43.2 Å². The van der Waals surface area contributed by atoms with Crippen LogP contribution in [0.25, 0.3) is 0 Å². The fraction of sp³-hybridized carbons (Fsp3) is 0.381. The fourth-order valence-corrected chi connectivity index (χ4v) is 3.09. The van der Waals surface area contributed by atoms with Crippen molar-refractivity contribution < 1.29 is 14.6 Å². The van der Waals surface area contributed by atoms with E-state index >= 15 is 0 Å². The van der Waals surface area contributed by atoms with Gasteiger partial charge in [0.1, 0.15) is 11.9 Å². The molecule has 0 spiro atoms. The summed E-state index contributed by atoms with van der Waals surface area (Å²) in [5.74, 6) is 2.40. The standard InChI is InChI=1S/C21H27N3O3/c1-3-22-21(23-11-10-15-8-9-18(25)20(12-15)26-2)24-14-17-13-16-6-4-5-7-19(16)27-17/h4-9,12,17,25H,3,10-11,13-14H2,1-2H3,(H2,22,23,24). The molecule has 6 heteroatoms. The number of nitrogens with one attached hydrogen (secondary N) is 2. The smallest absolute Gasteiger partial charge is 0.191 e. The largest absolute Gasteiger partial charge is 0.504 e. The molecule has 1 aliphatic heterocycles. The number of hydrogen-bond acceptors (Lipinski definition) is 4. The van der Waals surface area contributed by atoms with Gasteiger partial charge < -0.3 is 25.2 Å². The average Bonchev–Trinajstić information content (AvgIpc) is 3.10. The van der Waals surface area contributed by atoms with Crippen LogP contribution in [0.2, 0.25) is 0 Å². The van der Waals surface area contributed by atoms with Crippen molar-refractivity contribution in [3.05, 3.63) is 53.6 Å². The quantitative estimate of drug-likeness (QED) is 0.516. The van der Waals surface area contributed by atoms with Gasteiger partial charge in [-0.15, -0.1) is 0 Å². The Morgan fingerprint density at radius 2 is 2.11 bits per heavy atom. The molecule has 1 atom stereocenters. The Balaban J connectivity index is 1.51. The maximum atomic E-state index is 9.68. The SMILES string of the molecule is CCNC(=NCC1Cc2ccccc2O1)NCCc1ccc(O)c(OC)c1. The number of ether oxygens (including phenoxy) is 2. The number of benzene rings is 2. The van der Waals surface area contributed by atoms with Crippen LogP contribution < -0.4 is 20.1 Å². The molecule has 0 saturated heterocycles. The van der Waals surface area contributed by atoms with Crippen LogP contribution in [-0.4, -0.2) is 43.9 Å². The summed E-state index contributed by atoms with van der Waals surface area (Å²) in [6.45, 7) is 4.18. The summed E-state index contributed by atoms with van der Waals surface area (Å²) in [5, 5.41) is 16.3. The predicted octanol–water partition coefficient (Wildman–Crippen LogP) is 2.50. The predicted molar refractivity (Wildman–Crippen MR) is 107 cm³/mol. The van der Waals surface area contributed by atoms with Crippen molar-refractivity contribution in [2.45, 2.75) is 25.9 Å². The first kappa shape index (κ1) is 18.9. The van der Waals surface area contributed by atoms with Gasteiger partial charge in [-0.1, -0.05) is 24.3 Å². The Labute approximate surface area is 160 Å². The Hall–Kier alpha value is -2.89. The van der Waals surface area contributed by atoms with E-state index in [1.165, 1.54) is 5.56 Å². The van der Waals surface area contributed by atoms with E-state index in [4.69, 9.17) is 9.47 Å². The molecular weight excluding hydrogens is 342 g/mol. The second-order valence-corrected chi connectivity index (χ2v) is 6.45. The van der Waals surface area contributed by atoms with Crippen LogP contribution in [-0.2, 0) is 12.8 Å². The van der Waals surface area contributed by atoms with Gasteiger partial charge in [0, 0.05) is 19.5 Å². The summed E-state index contributed by atoms with van der Waals surface area (Å²) in [4.78, 5) is 4.66. The number of aromatic hydroxyl groups is 1. The number of fused-ring (bicyclic) bond motifs is 1. The monoisotopic (exact) mass is 369 g/mol. The number of hydrogen-bond donors (Lipinski definition) is 3. The van der Waals surface area contributed by atoms with Crippen LogP contribution in [0.5, 0.6) is 17.2 Å². The minimum atomic E-state index is 0.0826. The van der Waals surface area contributed by atoms with Gasteiger partial charge in [0.2, 0.25) is 0 Å². The van der Waals surface area contributed by atoms with Gasteiger partial charge in [0.05, 0.1) is 13.7 Å². The van der Waals surface area contributed by atoms with E-state index in [1.54, 1.807) is 13.2 Å². The lowest BCUT2D eigenvalue weighted by molar-refractivity contribution is 0.241. The van der Waals surface area contributed by atoms with Crippen LogP contribution >= 0.6 is 0 Å². The molecule has 27 heavy (non-hydrogen) atoms. The normalized spacial score (nSPS) is 15.8. The van der Waals surface area contributed by atoms with E-state index in [0.29, 0.717) is 12.3 Å². The molecule has 0 fully saturated rings. The Bertz CT molecular complexity index is 767. The molecule has 0 aromatic heterocycles. The summed E-state index contributed by atoms with van der Waals surface area (Å²) in [5.41, 5.74) is 2.33. The van der Waals surface area contributed by atoms with Crippen molar-refractivity contribution in [2.75, 3.05) is 26.7 Å². The van der Waals surface area contributed by atoms with E-state index in [2.05, 4.69) is 21.7 Å². The number of phenolic OH excluding ortho intramolecular Hbond substituents is 1. The molecule has 0 bridgehead atoms. The number of phenols is 1. The van der Waals surface area contributed by atoms with Crippen molar-refractivity contribution in [1.82, 2.24) is 10.6 Å². The second-order valence-electron chi connectivity index (χ2n) is 6.45. The van der Waals surface area contributed by atoms with Crippen molar-refractivity contribution in [2.24, 2.45) is 4.99 Å². The van der Waals surface area contributed by atoms with E-state index in [-0.39, 0.29) is 11.9 Å². The molecule has 0 aliphatic carbocycles. The first-order chi connectivity index (χ1) is 13.2. The summed E-state index contributed by atoms with van der Waals surface area (Å²) in [6, 6.07) is 13.6. The van der Waals surface area contributed by atoms with Crippen LogP contribution in [0, 0.1) is 0 Å². The molecule has 0 saturated carbocycles. The highest BCUT2D eigenvalue weighted by Crippen LogP contribution is 2.28. The zero-order chi connectivity index (χ0) is 19.1. The third-order valence-electron chi connectivity index (χ3n) is 4.46. The number of guanidine groups is 1. The summed E-state index contributed by atoms with van der Waals surface area (Å²) in [6.07, 6.45) is 1.78. The van der Waals surface area contributed by atoms with Crippen molar-refractivity contribution in [3.8, 4) is 17.2 Å². The minimum absolute atomic E-state index is 0.0826. The molecule has 0 amide bonds. The molecule has 1 unspecified atom stereocenters. The highest BCUT2D eigenvalue weighted by molar-refractivity contribution is 5.79. The van der Waals surface area contributed by atoms with Gasteiger partial charge in [-0.05, 0) is 42.7 Å². The maximum absolute atomic E-state index is 9.68. The molecule has 1 heterocycles. The Kier molecular flexibility index (Phi) is 6.41. The third-order valence-corrected chi connectivity index (χ3v) is 4.46. The summed E-state index contributed by atoms with van der Waals surface area (Å²) < 4.78 is 11.1. The number of aliphatic imine (C=N–C) groups is 1. The Morgan fingerprint density at radius 3 is 2.89 bits per heavy atom. The van der Waals surface area contributed by atoms with E-state index < -0.39 is 0 Å². The van der Waals surface area contributed by atoms with Gasteiger partial charge in [-0.2, -0.15) is 0 Å². The number of methoxy groups -OCH3 is 1. The number of nitrogens with zero attached hydrogens (tertiary/aromatic N) is 1. The molecule has 0 radical (unpaired) electrons. The molecule has 1 aliphatic rings. The van der Waals surface area contributed by atoms with E-state index in [1.807, 2.05) is 37.3 Å². The zero-order valence-corrected chi connectivity index (χ0v) is 15.9. The molecular formula is C21H27N3O3. The molecule has 3 rings (SSSR count). The highest BCUT2D eigenvalue weighted by Gasteiger charge is 2.21. The summed E-state index contributed by atoms with van der Waals surface area (Å²) >= 11 is 0.